The number of hydrogen-bond acceptors (Lipinski definition) is 5. The van der Waals surface area contributed by atoms with Crippen molar-refractivity contribution >= 4 is 27.9 Å². The number of hydrogen-bond donors (Lipinski definition) is 1. The van der Waals surface area contributed by atoms with Crippen LogP contribution in [0, 0.1) is 0 Å². The number of aryl methyl sites for hydroxylation is 1. The highest BCUT2D eigenvalue weighted by molar-refractivity contribution is 7.89. The van der Waals surface area contributed by atoms with Crippen LogP contribution < -0.4 is 5.32 Å². The Bertz CT molecular complexity index is 1210. The topological polar surface area (TPSA) is 107 Å². The summed E-state index contributed by atoms with van der Waals surface area (Å²) in [5, 5.41) is 2.73. The molecule has 0 unspecified atom stereocenters. The van der Waals surface area contributed by atoms with Crippen LogP contribution in [0.2, 0.25) is 0 Å². The van der Waals surface area contributed by atoms with Gasteiger partial charge in [-0.25, -0.2) is 13.2 Å². The molecule has 0 spiro atoms. The Kier molecular flexibility index (Phi) is 6.95. The molecule has 0 aliphatic carbocycles. The highest BCUT2D eigenvalue weighted by atomic mass is 32.2. The lowest BCUT2D eigenvalue weighted by molar-refractivity contribution is -0.139. The summed E-state index contributed by atoms with van der Waals surface area (Å²) < 4.78 is 27.0. The van der Waals surface area contributed by atoms with Gasteiger partial charge in [0.1, 0.15) is 12.1 Å². The average molecular weight is 499 g/mol. The zero-order valence-corrected chi connectivity index (χ0v) is 20.8. The van der Waals surface area contributed by atoms with Gasteiger partial charge >= 0.3 is 6.03 Å². The van der Waals surface area contributed by atoms with Crippen LogP contribution in [0.4, 0.5) is 4.79 Å². The Hall–Kier alpha value is -3.24. The fourth-order valence-electron chi connectivity index (χ4n) is 4.48. The Labute approximate surface area is 205 Å². The van der Waals surface area contributed by atoms with E-state index in [2.05, 4.69) is 12.2 Å². The number of benzene rings is 2. The van der Waals surface area contributed by atoms with Gasteiger partial charge in [-0.1, -0.05) is 55.8 Å². The number of rotatable bonds is 7. The van der Waals surface area contributed by atoms with E-state index < -0.39 is 33.4 Å². The third-order valence-electron chi connectivity index (χ3n) is 6.61. The van der Waals surface area contributed by atoms with Crippen molar-refractivity contribution < 1.29 is 22.8 Å². The third-order valence-corrected chi connectivity index (χ3v) is 8.52. The molecule has 2 aromatic carbocycles. The van der Waals surface area contributed by atoms with Crippen molar-refractivity contribution in [3.8, 4) is 0 Å². The molecule has 2 saturated heterocycles. The van der Waals surface area contributed by atoms with E-state index >= 15 is 0 Å². The molecule has 4 rings (SSSR count). The normalized spacial score (nSPS) is 21.3. The summed E-state index contributed by atoms with van der Waals surface area (Å²) in [5.41, 5.74) is 0.562. The van der Waals surface area contributed by atoms with Crippen molar-refractivity contribution in [2.24, 2.45) is 0 Å². The Morgan fingerprint density at radius 1 is 0.971 bits per heavy atom. The first-order valence-electron chi connectivity index (χ1n) is 11.7. The second-order valence-electron chi connectivity index (χ2n) is 8.99. The molecule has 2 aliphatic heterocycles. The molecule has 0 aromatic heterocycles. The SMILES string of the molecule is CCCc1ccc([C@@]2(C)NC(=O)N(CC(=O)N3CCN(S(=O)(=O)c4ccccc4)CC3)C2=O)cc1. The first-order valence-corrected chi connectivity index (χ1v) is 13.2. The van der Waals surface area contributed by atoms with E-state index in [0.29, 0.717) is 5.56 Å². The van der Waals surface area contributed by atoms with Crippen LogP contribution in [0.25, 0.3) is 0 Å². The second-order valence-corrected chi connectivity index (χ2v) is 10.9. The van der Waals surface area contributed by atoms with E-state index in [0.717, 1.165) is 23.3 Å². The van der Waals surface area contributed by atoms with Gasteiger partial charge in [0, 0.05) is 26.2 Å². The van der Waals surface area contributed by atoms with Crippen LogP contribution >= 0.6 is 0 Å². The number of amides is 4. The molecule has 1 N–H and O–H groups in total. The van der Waals surface area contributed by atoms with Gasteiger partial charge in [0.15, 0.2) is 0 Å². The molecule has 0 saturated carbocycles. The first-order chi connectivity index (χ1) is 16.7. The summed E-state index contributed by atoms with van der Waals surface area (Å²) in [6.07, 6.45) is 1.94. The van der Waals surface area contributed by atoms with Crippen LogP contribution in [0.15, 0.2) is 59.5 Å². The fraction of sp³-hybridized carbons (Fsp3) is 0.400. The molecule has 10 heteroatoms. The lowest BCUT2D eigenvalue weighted by Crippen LogP contribution is -2.53. The van der Waals surface area contributed by atoms with Crippen molar-refractivity contribution in [3.05, 3.63) is 65.7 Å². The van der Waals surface area contributed by atoms with Gasteiger partial charge in [-0.15, -0.1) is 0 Å². The molecule has 186 valence electrons. The smallest absolute Gasteiger partial charge is 0.325 e. The van der Waals surface area contributed by atoms with Gasteiger partial charge in [-0.3, -0.25) is 14.5 Å². The fourth-order valence-corrected chi connectivity index (χ4v) is 5.93. The Morgan fingerprint density at radius 2 is 1.60 bits per heavy atom. The molecule has 2 fully saturated rings. The lowest BCUT2D eigenvalue weighted by Gasteiger charge is -2.34. The van der Waals surface area contributed by atoms with Crippen LogP contribution in [0.5, 0.6) is 0 Å². The van der Waals surface area contributed by atoms with Crippen molar-refractivity contribution in [1.82, 2.24) is 19.4 Å². The number of nitrogens with one attached hydrogen (secondary N) is 1. The summed E-state index contributed by atoms with van der Waals surface area (Å²) in [4.78, 5) is 41.4. The number of piperazine rings is 1. The third kappa shape index (κ3) is 4.81. The summed E-state index contributed by atoms with van der Waals surface area (Å²) >= 11 is 0. The van der Waals surface area contributed by atoms with Crippen molar-refractivity contribution in [1.29, 1.82) is 0 Å². The minimum absolute atomic E-state index is 0.144. The number of imide groups is 1. The van der Waals surface area contributed by atoms with Gasteiger partial charge in [0.2, 0.25) is 15.9 Å². The maximum absolute atomic E-state index is 13.2. The Balaban J connectivity index is 1.39. The molecule has 1 atom stereocenters. The minimum Gasteiger partial charge on any atom is -0.338 e. The zero-order chi connectivity index (χ0) is 25.2. The molecule has 9 nitrogen and oxygen atoms in total. The van der Waals surface area contributed by atoms with Crippen LogP contribution in [0.1, 0.15) is 31.4 Å². The largest absolute Gasteiger partial charge is 0.338 e. The van der Waals surface area contributed by atoms with Gasteiger partial charge in [-0.05, 0) is 36.6 Å². The lowest BCUT2D eigenvalue weighted by atomic mass is 9.91. The average Bonchev–Trinajstić information content (AvgIpc) is 3.09. The summed E-state index contributed by atoms with van der Waals surface area (Å²) in [6.45, 7) is 4.00. The predicted octanol–water partition coefficient (Wildman–Crippen LogP) is 1.94. The molecule has 2 aromatic rings. The van der Waals surface area contributed by atoms with Crippen molar-refractivity contribution in [2.45, 2.75) is 37.1 Å². The maximum Gasteiger partial charge on any atom is 0.325 e. The van der Waals surface area contributed by atoms with Crippen LogP contribution in [-0.2, 0) is 31.6 Å². The summed E-state index contributed by atoms with van der Waals surface area (Å²) in [6, 6.07) is 15.1. The van der Waals surface area contributed by atoms with Gasteiger partial charge in [0.25, 0.3) is 5.91 Å². The van der Waals surface area contributed by atoms with Gasteiger partial charge < -0.3 is 10.2 Å². The van der Waals surface area contributed by atoms with Crippen LogP contribution in [-0.4, -0.2) is 73.1 Å². The zero-order valence-electron chi connectivity index (χ0n) is 19.9. The molecule has 4 amide bonds. The van der Waals surface area contributed by atoms with Gasteiger partial charge in [0.05, 0.1) is 4.90 Å². The standard InChI is InChI=1S/C25H30N4O5S/c1-3-7-19-10-12-20(13-11-19)25(2)23(31)29(24(32)26-25)18-22(30)27-14-16-28(17-15-27)35(33,34)21-8-5-4-6-9-21/h4-6,8-13H,3,7,14-18H2,1-2H3,(H,26,32)/t25-/m1/s1. The maximum atomic E-state index is 13.2. The first kappa shape index (κ1) is 24.9. The van der Waals surface area contributed by atoms with Crippen LogP contribution in [0.3, 0.4) is 0 Å². The van der Waals surface area contributed by atoms with E-state index in [9.17, 15) is 22.8 Å². The number of urea groups is 1. The molecule has 2 heterocycles. The highest BCUT2D eigenvalue weighted by Gasteiger charge is 2.49. The predicted molar refractivity (Wildman–Crippen MR) is 130 cm³/mol. The molecular formula is C25H30N4O5S. The minimum atomic E-state index is -3.64. The van der Waals surface area contributed by atoms with E-state index in [1.165, 1.54) is 9.21 Å². The quantitative estimate of drug-likeness (QED) is 0.587. The number of carbonyl (C=O) groups is 3. The van der Waals surface area contributed by atoms with Crippen molar-refractivity contribution in [2.75, 3.05) is 32.7 Å². The van der Waals surface area contributed by atoms with E-state index in [1.54, 1.807) is 37.3 Å². The molecule has 0 radical (unpaired) electrons. The highest BCUT2D eigenvalue weighted by Crippen LogP contribution is 2.29. The molecular weight excluding hydrogens is 468 g/mol. The van der Waals surface area contributed by atoms with Gasteiger partial charge in [-0.2, -0.15) is 4.31 Å². The van der Waals surface area contributed by atoms with E-state index in [1.807, 2.05) is 24.3 Å². The monoisotopic (exact) mass is 498 g/mol. The molecule has 0 bridgehead atoms. The molecule has 35 heavy (non-hydrogen) atoms. The number of sulfonamides is 1. The summed E-state index contributed by atoms with van der Waals surface area (Å²) in [5.74, 6) is -0.878. The summed E-state index contributed by atoms with van der Waals surface area (Å²) in [7, 11) is -3.64. The number of nitrogens with zero attached hydrogens (tertiary/aromatic N) is 3. The second kappa shape index (κ2) is 9.79. The Morgan fingerprint density at radius 3 is 2.20 bits per heavy atom. The van der Waals surface area contributed by atoms with E-state index in [4.69, 9.17) is 0 Å². The number of carbonyl (C=O) groups excluding carboxylic acids is 3. The van der Waals surface area contributed by atoms with E-state index in [-0.39, 0.29) is 37.6 Å². The van der Waals surface area contributed by atoms with Crippen molar-refractivity contribution in [3.63, 3.8) is 0 Å². The molecule has 2 aliphatic rings.